The summed E-state index contributed by atoms with van der Waals surface area (Å²) in [6, 6.07) is 16.0. The summed E-state index contributed by atoms with van der Waals surface area (Å²) in [5.41, 5.74) is 0.126. The highest BCUT2D eigenvalue weighted by molar-refractivity contribution is 5.69. The second kappa shape index (κ2) is 8.79. The van der Waals surface area contributed by atoms with Gasteiger partial charge in [0, 0.05) is 24.4 Å². The van der Waals surface area contributed by atoms with Crippen LogP contribution in [0.4, 0.5) is 5.69 Å². The van der Waals surface area contributed by atoms with Crippen molar-refractivity contribution >= 4 is 11.7 Å². The molecular formula is C20H17N3O6. The molecule has 0 saturated carbocycles. The number of hydrogen-bond donors (Lipinski definition) is 0. The molecule has 3 aromatic rings. The summed E-state index contributed by atoms with van der Waals surface area (Å²) in [5, 5.41) is 10.6. The maximum atomic E-state index is 12.6. The fourth-order valence-electron chi connectivity index (χ4n) is 2.66. The second-order valence-corrected chi connectivity index (χ2v) is 6.22. The number of benzene rings is 2. The number of carbonyl (C=O) groups excluding carboxylic acids is 1. The number of non-ortho nitro benzene ring substituents is 1. The van der Waals surface area contributed by atoms with Gasteiger partial charge in [0.15, 0.2) is 0 Å². The molecule has 0 atom stereocenters. The van der Waals surface area contributed by atoms with Crippen LogP contribution in [0, 0.1) is 10.1 Å². The number of rotatable bonds is 7. The Bertz CT molecular complexity index is 1130. The van der Waals surface area contributed by atoms with Crippen molar-refractivity contribution in [2.45, 2.75) is 19.7 Å². The third kappa shape index (κ3) is 5.04. The highest BCUT2D eigenvalue weighted by Gasteiger charge is 2.12. The molecule has 9 heteroatoms. The fourth-order valence-corrected chi connectivity index (χ4v) is 2.66. The predicted molar refractivity (Wildman–Crippen MR) is 103 cm³/mol. The van der Waals surface area contributed by atoms with Gasteiger partial charge in [-0.1, -0.05) is 30.3 Å². The van der Waals surface area contributed by atoms with Crippen LogP contribution in [0.3, 0.4) is 0 Å². The Morgan fingerprint density at radius 1 is 0.966 bits per heavy atom. The first kappa shape index (κ1) is 19.7. The van der Waals surface area contributed by atoms with Crippen LogP contribution >= 0.6 is 0 Å². The summed E-state index contributed by atoms with van der Waals surface area (Å²) >= 11 is 0. The number of carbonyl (C=O) groups is 1. The Balaban J connectivity index is 1.68. The van der Waals surface area contributed by atoms with Crippen LogP contribution in [0.1, 0.15) is 11.1 Å². The van der Waals surface area contributed by atoms with Gasteiger partial charge in [0.2, 0.25) is 0 Å². The van der Waals surface area contributed by atoms with E-state index in [0.717, 1.165) is 10.1 Å². The average molecular weight is 395 g/mol. The molecule has 1 heterocycles. The van der Waals surface area contributed by atoms with Gasteiger partial charge in [0.25, 0.3) is 11.2 Å². The first-order valence-electron chi connectivity index (χ1n) is 8.67. The van der Waals surface area contributed by atoms with Gasteiger partial charge in [-0.15, -0.1) is 0 Å². The Labute approximate surface area is 164 Å². The van der Waals surface area contributed by atoms with Crippen molar-refractivity contribution in [3.63, 3.8) is 0 Å². The molecule has 9 nitrogen and oxygen atoms in total. The number of aromatic nitrogens is 2. The van der Waals surface area contributed by atoms with Gasteiger partial charge in [-0.05, 0) is 23.3 Å². The normalized spacial score (nSPS) is 10.5. The molecule has 0 aliphatic rings. The summed E-state index contributed by atoms with van der Waals surface area (Å²) in [7, 11) is 0. The predicted octanol–water partition coefficient (Wildman–Crippen LogP) is 1.71. The van der Waals surface area contributed by atoms with Crippen molar-refractivity contribution < 1.29 is 14.5 Å². The van der Waals surface area contributed by atoms with Crippen molar-refractivity contribution in [1.82, 2.24) is 9.13 Å². The highest BCUT2D eigenvalue weighted by Crippen LogP contribution is 2.12. The third-order valence-electron chi connectivity index (χ3n) is 4.17. The van der Waals surface area contributed by atoms with E-state index in [1.807, 2.05) is 30.3 Å². The molecule has 0 N–H and O–H groups in total. The minimum absolute atomic E-state index is 0.0742. The van der Waals surface area contributed by atoms with Crippen LogP contribution in [0.2, 0.25) is 0 Å². The first-order chi connectivity index (χ1) is 13.9. The quantitative estimate of drug-likeness (QED) is 0.342. The van der Waals surface area contributed by atoms with Crippen molar-refractivity contribution in [3.8, 4) is 0 Å². The van der Waals surface area contributed by atoms with Gasteiger partial charge in [0.1, 0.15) is 13.2 Å². The highest BCUT2D eigenvalue weighted by atomic mass is 16.6. The van der Waals surface area contributed by atoms with Crippen LogP contribution in [0.25, 0.3) is 0 Å². The lowest BCUT2D eigenvalue weighted by Crippen LogP contribution is -2.41. The Hall–Kier alpha value is -4.01. The molecule has 2 aromatic carbocycles. The van der Waals surface area contributed by atoms with E-state index >= 15 is 0 Å². The van der Waals surface area contributed by atoms with Gasteiger partial charge in [0.05, 0.1) is 11.5 Å². The van der Waals surface area contributed by atoms with Crippen LogP contribution in [0.15, 0.2) is 76.4 Å². The molecule has 0 spiro atoms. The van der Waals surface area contributed by atoms with Crippen molar-refractivity contribution in [2.75, 3.05) is 0 Å². The van der Waals surface area contributed by atoms with Gasteiger partial charge in [-0.2, -0.15) is 0 Å². The molecule has 29 heavy (non-hydrogen) atoms. The molecule has 0 fully saturated rings. The van der Waals surface area contributed by atoms with E-state index < -0.39 is 28.7 Å². The molecule has 0 bridgehead atoms. The maximum Gasteiger partial charge on any atom is 0.331 e. The minimum atomic E-state index is -0.764. The smallest absolute Gasteiger partial charge is 0.331 e. The summed E-state index contributed by atoms with van der Waals surface area (Å²) in [4.78, 5) is 46.8. The lowest BCUT2D eigenvalue weighted by molar-refractivity contribution is -0.384. The Morgan fingerprint density at radius 2 is 1.66 bits per heavy atom. The standard InChI is InChI=1S/C20H17N3O6/c24-18-10-11-21(12-15-4-2-1-3-5-15)20(26)22(18)13-19(25)29-14-16-6-8-17(9-7-16)23(27)28/h1-11H,12-14H2. The zero-order valence-electron chi connectivity index (χ0n) is 15.3. The van der Waals surface area contributed by atoms with E-state index in [1.165, 1.54) is 41.1 Å². The van der Waals surface area contributed by atoms with E-state index in [4.69, 9.17) is 4.74 Å². The molecule has 0 unspecified atom stereocenters. The summed E-state index contributed by atoms with van der Waals surface area (Å²) in [6.07, 6.45) is 1.39. The second-order valence-electron chi connectivity index (χ2n) is 6.22. The molecule has 148 valence electrons. The van der Waals surface area contributed by atoms with E-state index in [0.29, 0.717) is 5.56 Å². The summed E-state index contributed by atoms with van der Waals surface area (Å²) < 4.78 is 7.22. The van der Waals surface area contributed by atoms with Crippen LogP contribution in [-0.4, -0.2) is 20.0 Å². The van der Waals surface area contributed by atoms with Crippen LogP contribution in [-0.2, 0) is 29.2 Å². The summed E-state index contributed by atoms with van der Waals surface area (Å²) in [6.45, 7) is -0.394. The van der Waals surface area contributed by atoms with E-state index in [2.05, 4.69) is 0 Å². The number of hydrogen-bond acceptors (Lipinski definition) is 6. The lowest BCUT2D eigenvalue weighted by atomic mass is 10.2. The monoisotopic (exact) mass is 395 g/mol. The molecule has 3 rings (SSSR count). The van der Waals surface area contributed by atoms with Gasteiger partial charge in [-0.25, -0.2) is 9.36 Å². The molecule has 0 radical (unpaired) electrons. The Kier molecular flexibility index (Phi) is 5.98. The van der Waals surface area contributed by atoms with E-state index in [1.54, 1.807) is 0 Å². The molecular weight excluding hydrogens is 378 g/mol. The first-order valence-corrected chi connectivity index (χ1v) is 8.67. The largest absolute Gasteiger partial charge is 0.459 e. The summed E-state index contributed by atoms with van der Waals surface area (Å²) in [5.74, 6) is -0.764. The molecule has 1 aromatic heterocycles. The van der Waals surface area contributed by atoms with Crippen LogP contribution in [0.5, 0.6) is 0 Å². The molecule has 0 aliphatic heterocycles. The van der Waals surface area contributed by atoms with Crippen molar-refractivity contribution in [3.05, 3.63) is 109 Å². The van der Waals surface area contributed by atoms with Gasteiger partial charge in [-0.3, -0.25) is 24.3 Å². The van der Waals surface area contributed by atoms with Crippen LogP contribution < -0.4 is 11.2 Å². The average Bonchev–Trinajstić information content (AvgIpc) is 2.73. The van der Waals surface area contributed by atoms with Gasteiger partial charge >= 0.3 is 11.7 Å². The molecule has 0 aliphatic carbocycles. The van der Waals surface area contributed by atoms with Gasteiger partial charge < -0.3 is 4.74 Å². The topological polar surface area (TPSA) is 113 Å². The number of nitro groups is 1. The molecule has 0 amide bonds. The zero-order chi connectivity index (χ0) is 20.8. The maximum absolute atomic E-state index is 12.6. The molecule has 0 saturated heterocycles. The zero-order valence-corrected chi connectivity index (χ0v) is 15.3. The van der Waals surface area contributed by atoms with E-state index in [9.17, 15) is 24.5 Å². The van der Waals surface area contributed by atoms with Crippen molar-refractivity contribution in [2.24, 2.45) is 0 Å². The third-order valence-corrected chi connectivity index (χ3v) is 4.17. The SMILES string of the molecule is O=C(Cn1c(=O)ccn(Cc2ccccc2)c1=O)OCc1ccc([N+](=O)[O-])cc1. The number of nitro benzene ring substituents is 1. The number of ether oxygens (including phenoxy) is 1. The lowest BCUT2D eigenvalue weighted by Gasteiger charge is -2.10. The fraction of sp³-hybridized carbons (Fsp3) is 0.150. The van der Waals surface area contributed by atoms with E-state index in [-0.39, 0.29) is 18.8 Å². The van der Waals surface area contributed by atoms with Crippen molar-refractivity contribution in [1.29, 1.82) is 0 Å². The number of esters is 1. The minimum Gasteiger partial charge on any atom is -0.459 e. The Morgan fingerprint density at radius 3 is 2.31 bits per heavy atom. The number of nitrogens with zero attached hydrogens (tertiary/aromatic N) is 3.